The lowest BCUT2D eigenvalue weighted by Crippen LogP contribution is -2.37. The van der Waals surface area contributed by atoms with E-state index in [4.69, 9.17) is 4.74 Å². The van der Waals surface area contributed by atoms with Gasteiger partial charge in [0, 0.05) is 32.1 Å². The summed E-state index contributed by atoms with van der Waals surface area (Å²) in [6.45, 7) is 4.48. The van der Waals surface area contributed by atoms with E-state index in [0.717, 1.165) is 24.3 Å². The van der Waals surface area contributed by atoms with Crippen LogP contribution in [0.2, 0.25) is 0 Å². The molecule has 1 rings (SSSR count). The number of carbonyl (C=O) groups excluding carboxylic acids is 2. The molecule has 1 aromatic rings. The van der Waals surface area contributed by atoms with Crippen molar-refractivity contribution in [2.45, 2.75) is 33.1 Å². The molecule has 0 heterocycles. The van der Waals surface area contributed by atoms with Crippen LogP contribution in [0, 0.1) is 0 Å². The highest BCUT2D eigenvalue weighted by Crippen LogP contribution is 2.19. The van der Waals surface area contributed by atoms with E-state index >= 15 is 0 Å². The fraction of sp³-hybridized carbons (Fsp3) is 0.500. The van der Waals surface area contributed by atoms with Gasteiger partial charge in [-0.3, -0.25) is 9.59 Å². The molecule has 2 amide bonds. The molecule has 0 fully saturated rings. The van der Waals surface area contributed by atoms with Crippen molar-refractivity contribution in [2.24, 2.45) is 0 Å². The number of nitrogens with one attached hydrogen (secondary N) is 1. The second-order valence-electron chi connectivity index (χ2n) is 4.82. The first-order chi connectivity index (χ1) is 10.1. The fourth-order valence-electron chi connectivity index (χ4n) is 1.96. The van der Waals surface area contributed by atoms with Crippen molar-refractivity contribution >= 4 is 17.5 Å². The molecule has 0 aromatic heterocycles. The molecule has 0 aliphatic rings. The average Bonchev–Trinajstić information content (AvgIpc) is 2.49. The molecule has 5 nitrogen and oxygen atoms in total. The molecule has 1 N–H and O–H groups in total. The zero-order valence-electron chi connectivity index (χ0n) is 13.0. The molecule has 0 radical (unpaired) electrons. The zero-order valence-corrected chi connectivity index (χ0v) is 13.0. The molecule has 0 aliphatic carbocycles. The summed E-state index contributed by atoms with van der Waals surface area (Å²) in [5, 5.41) is 2.84. The van der Waals surface area contributed by atoms with E-state index in [0.29, 0.717) is 19.5 Å². The van der Waals surface area contributed by atoms with Crippen LogP contribution in [0.25, 0.3) is 0 Å². The van der Waals surface area contributed by atoms with Crippen LogP contribution < -0.4 is 15.0 Å². The summed E-state index contributed by atoms with van der Waals surface area (Å²) in [4.78, 5) is 24.9. The van der Waals surface area contributed by atoms with Crippen molar-refractivity contribution in [3.05, 3.63) is 24.3 Å². The molecule has 0 spiro atoms. The molecule has 0 aliphatic heterocycles. The molecule has 21 heavy (non-hydrogen) atoms. The predicted octanol–water partition coefficient (Wildman–Crippen LogP) is 2.35. The van der Waals surface area contributed by atoms with Crippen LogP contribution in [-0.4, -0.2) is 32.0 Å². The molecule has 116 valence electrons. The number of nitrogens with zero attached hydrogens (tertiary/aromatic N) is 1. The monoisotopic (exact) mass is 292 g/mol. The summed E-state index contributed by atoms with van der Waals surface area (Å²) in [6.07, 6.45) is 2.43. The standard InChI is InChI=1S/C16H24N2O3/c1-4-5-6-16(20)17-11-12-18(13(2)19)14-7-9-15(21-3)10-8-14/h7-10H,4-6,11-12H2,1-3H3,(H,17,20). The minimum atomic E-state index is -0.0528. The molecule has 0 saturated heterocycles. The lowest BCUT2D eigenvalue weighted by molar-refractivity contribution is -0.121. The number of ether oxygens (including phenoxy) is 1. The highest BCUT2D eigenvalue weighted by Gasteiger charge is 2.11. The van der Waals surface area contributed by atoms with Gasteiger partial charge in [-0.1, -0.05) is 13.3 Å². The Morgan fingerprint density at radius 3 is 2.43 bits per heavy atom. The van der Waals surface area contributed by atoms with Crippen molar-refractivity contribution in [1.82, 2.24) is 5.32 Å². The number of benzene rings is 1. The minimum Gasteiger partial charge on any atom is -0.497 e. The maximum atomic E-state index is 11.7. The maximum absolute atomic E-state index is 11.7. The van der Waals surface area contributed by atoms with Crippen molar-refractivity contribution < 1.29 is 14.3 Å². The smallest absolute Gasteiger partial charge is 0.223 e. The molecule has 0 saturated carbocycles. The van der Waals surface area contributed by atoms with Crippen LogP contribution in [-0.2, 0) is 9.59 Å². The third-order valence-electron chi connectivity index (χ3n) is 3.18. The van der Waals surface area contributed by atoms with Gasteiger partial charge in [-0.2, -0.15) is 0 Å². The number of carbonyl (C=O) groups is 2. The quantitative estimate of drug-likeness (QED) is 0.800. The van der Waals surface area contributed by atoms with Crippen LogP contribution in [0.15, 0.2) is 24.3 Å². The second kappa shape index (κ2) is 9.00. The van der Waals surface area contributed by atoms with Gasteiger partial charge in [0.15, 0.2) is 0 Å². The Bertz CT molecular complexity index is 457. The van der Waals surface area contributed by atoms with Gasteiger partial charge in [0.25, 0.3) is 0 Å². The largest absolute Gasteiger partial charge is 0.497 e. The van der Waals surface area contributed by atoms with Gasteiger partial charge < -0.3 is 15.0 Å². The Kier molecular flexibility index (Phi) is 7.29. The minimum absolute atomic E-state index is 0.0371. The molecular formula is C16H24N2O3. The number of amides is 2. The summed E-state index contributed by atoms with van der Waals surface area (Å²) in [5.74, 6) is 0.730. The van der Waals surface area contributed by atoms with Gasteiger partial charge in [0.05, 0.1) is 7.11 Å². The average molecular weight is 292 g/mol. The Hall–Kier alpha value is -2.04. The zero-order chi connectivity index (χ0) is 15.7. The summed E-state index contributed by atoms with van der Waals surface area (Å²) in [6, 6.07) is 7.29. The van der Waals surface area contributed by atoms with E-state index in [2.05, 4.69) is 12.2 Å². The van der Waals surface area contributed by atoms with Crippen LogP contribution in [0.1, 0.15) is 33.1 Å². The highest BCUT2D eigenvalue weighted by molar-refractivity contribution is 5.91. The van der Waals surface area contributed by atoms with Crippen LogP contribution in [0.4, 0.5) is 5.69 Å². The van der Waals surface area contributed by atoms with E-state index in [-0.39, 0.29) is 11.8 Å². The topological polar surface area (TPSA) is 58.6 Å². The van der Waals surface area contributed by atoms with Gasteiger partial charge in [-0.05, 0) is 30.7 Å². The van der Waals surface area contributed by atoms with Crippen LogP contribution >= 0.6 is 0 Å². The number of methoxy groups -OCH3 is 1. The van der Waals surface area contributed by atoms with E-state index in [1.165, 1.54) is 6.92 Å². The SMILES string of the molecule is CCCCC(=O)NCCN(C(C)=O)c1ccc(OC)cc1. The lowest BCUT2D eigenvalue weighted by atomic mass is 10.2. The number of unbranched alkanes of at least 4 members (excludes halogenated alkanes) is 1. The van der Waals surface area contributed by atoms with E-state index < -0.39 is 0 Å². The summed E-state index contributed by atoms with van der Waals surface area (Å²) in [5.41, 5.74) is 0.797. The third kappa shape index (κ3) is 5.85. The molecule has 0 bridgehead atoms. The van der Waals surface area contributed by atoms with Crippen molar-refractivity contribution in [2.75, 3.05) is 25.1 Å². The number of hydrogen-bond donors (Lipinski definition) is 1. The van der Waals surface area contributed by atoms with E-state index in [9.17, 15) is 9.59 Å². The second-order valence-corrected chi connectivity index (χ2v) is 4.82. The van der Waals surface area contributed by atoms with Gasteiger partial charge in [-0.15, -0.1) is 0 Å². The first kappa shape index (κ1) is 17.0. The fourth-order valence-corrected chi connectivity index (χ4v) is 1.96. The van der Waals surface area contributed by atoms with Crippen molar-refractivity contribution in [3.8, 4) is 5.75 Å². The normalized spacial score (nSPS) is 10.0. The lowest BCUT2D eigenvalue weighted by Gasteiger charge is -2.21. The van der Waals surface area contributed by atoms with Crippen LogP contribution in [0.5, 0.6) is 5.75 Å². The van der Waals surface area contributed by atoms with Crippen molar-refractivity contribution in [1.29, 1.82) is 0 Å². The molecule has 1 aromatic carbocycles. The Balaban J connectivity index is 2.53. The molecule has 5 heteroatoms. The van der Waals surface area contributed by atoms with E-state index in [1.54, 1.807) is 12.0 Å². The van der Waals surface area contributed by atoms with Crippen LogP contribution in [0.3, 0.4) is 0 Å². The summed E-state index contributed by atoms with van der Waals surface area (Å²) < 4.78 is 5.10. The maximum Gasteiger partial charge on any atom is 0.223 e. The van der Waals surface area contributed by atoms with Gasteiger partial charge in [0.2, 0.25) is 11.8 Å². The number of rotatable bonds is 8. The Morgan fingerprint density at radius 1 is 1.24 bits per heavy atom. The first-order valence-corrected chi connectivity index (χ1v) is 7.27. The predicted molar refractivity (Wildman–Crippen MR) is 83.6 cm³/mol. The Morgan fingerprint density at radius 2 is 1.90 bits per heavy atom. The Labute approximate surface area is 126 Å². The molecular weight excluding hydrogens is 268 g/mol. The molecule has 0 unspecified atom stereocenters. The highest BCUT2D eigenvalue weighted by atomic mass is 16.5. The molecule has 0 atom stereocenters. The van der Waals surface area contributed by atoms with Gasteiger partial charge in [-0.25, -0.2) is 0 Å². The summed E-state index contributed by atoms with van der Waals surface area (Å²) in [7, 11) is 1.60. The third-order valence-corrected chi connectivity index (χ3v) is 3.18. The number of anilines is 1. The van der Waals surface area contributed by atoms with Gasteiger partial charge in [0.1, 0.15) is 5.75 Å². The number of hydrogen-bond acceptors (Lipinski definition) is 3. The van der Waals surface area contributed by atoms with Gasteiger partial charge >= 0.3 is 0 Å². The van der Waals surface area contributed by atoms with E-state index in [1.807, 2.05) is 24.3 Å². The van der Waals surface area contributed by atoms with Crippen molar-refractivity contribution in [3.63, 3.8) is 0 Å². The first-order valence-electron chi connectivity index (χ1n) is 7.27. The summed E-state index contributed by atoms with van der Waals surface area (Å²) >= 11 is 0.